The molecule has 3 aromatic rings. The Morgan fingerprint density at radius 1 is 1.14 bits per heavy atom. The molecule has 4 heteroatoms. The van der Waals surface area contributed by atoms with Crippen molar-refractivity contribution in [2.75, 3.05) is 12.0 Å². The Morgan fingerprint density at radius 3 is 2.59 bits per heavy atom. The Hall–Kier alpha value is -2.07. The van der Waals surface area contributed by atoms with Gasteiger partial charge in [0, 0.05) is 12.6 Å². The van der Waals surface area contributed by atoms with Gasteiger partial charge in [0.2, 0.25) is 0 Å². The third-order valence-corrected chi connectivity index (χ3v) is 5.10. The van der Waals surface area contributed by atoms with Crippen LogP contribution in [-0.4, -0.2) is 18.1 Å². The van der Waals surface area contributed by atoms with Gasteiger partial charge in [0.25, 0.3) is 0 Å². The normalized spacial score (nSPS) is 14.2. The van der Waals surface area contributed by atoms with Gasteiger partial charge in [0.1, 0.15) is 5.75 Å². The van der Waals surface area contributed by atoms with Gasteiger partial charge in [-0.3, -0.25) is 0 Å². The average Bonchev–Trinajstić information content (AvgIpc) is 3.31. The topological polar surface area (TPSA) is 25.4 Å². The van der Waals surface area contributed by atoms with Gasteiger partial charge in [-0.05, 0) is 42.7 Å². The summed E-state index contributed by atoms with van der Waals surface area (Å²) in [5.41, 5.74) is 2.40. The summed E-state index contributed by atoms with van der Waals surface area (Å²) >= 11 is 1.79. The molecule has 0 atom stereocenters. The maximum Gasteiger partial charge on any atom is 0.186 e. The molecule has 1 saturated carbocycles. The van der Waals surface area contributed by atoms with Gasteiger partial charge in [0.05, 0.1) is 17.3 Å². The van der Waals surface area contributed by atoms with Gasteiger partial charge in [-0.25, -0.2) is 4.98 Å². The molecule has 112 valence electrons. The van der Waals surface area contributed by atoms with E-state index in [1.54, 1.807) is 18.4 Å². The molecule has 1 aliphatic carbocycles. The molecule has 0 spiro atoms. The first-order valence-corrected chi connectivity index (χ1v) is 8.40. The van der Waals surface area contributed by atoms with Gasteiger partial charge in [0.15, 0.2) is 5.13 Å². The van der Waals surface area contributed by atoms with Crippen LogP contribution in [-0.2, 0) is 6.54 Å². The largest absolute Gasteiger partial charge is 0.497 e. The number of anilines is 1. The Kier molecular flexibility index (Phi) is 3.47. The van der Waals surface area contributed by atoms with Crippen LogP contribution in [0.5, 0.6) is 5.75 Å². The molecule has 0 unspecified atom stereocenters. The van der Waals surface area contributed by atoms with E-state index in [0.29, 0.717) is 6.04 Å². The van der Waals surface area contributed by atoms with Crippen LogP contribution >= 0.6 is 11.3 Å². The molecule has 3 nitrogen and oxygen atoms in total. The fourth-order valence-electron chi connectivity index (χ4n) is 2.65. The molecule has 0 aliphatic heterocycles. The fourth-order valence-corrected chi connectivity index (χ4v) is 3.69. The molecule has 22 heavy (non-hydrogen) atoms. The van der Waals surface area contributed by atoms with E-state index in [4.69, 9.17) is 9.72 Å². The molecule has 0 N–H and O–H groups in total. The van der Waals surface area contributed by atoms with Crippen LogP contribution in [0.15, 0.2) is 48.5 Å². The highest BCUT2D eigenvalue weighted by Gasteiger charge is 2.31. The van der Waals surface area contributed by atoms with E-state index >= 15 is 0 Å². The van der Waals surface area contributed by atoms with E-state index in [1.807, 2.05) is 12.1 Å². The second kappa shape index (κ2) is 5.61. The second-order valence-electron chi connectivity index (χ2n) is 5.67. The number of aromatic nitrogens is 1. The highest BCUT2D eigenvalue weighted by atomic mass is 32.1. The van der Waals surface area contributed by atoms with Crippen molar-refractivity contribution in [2.45, 2.75) is 25.4 Å². The summed E-state index contributed by atoms with van der Waals surface area (Å²) in [6.45, 7) is 0.911. The number of para-hydroxylation sites is 1. The summed E-state index contributed by atoms with van der Waals surface area (Å²) in [5, 5.41) is 1.14. The summed E-state index contributed by atoms with van der Waals surface area (Å²) < 4.78 is 6.50. The van der Waals surface area contributed by atoms with Crippen LogP contribution in [0.2, 0.25) is 0 Å². The van der Waals surface area contributed by atoms with E-state index in [9.17, 15) is 0 Å². The third-order valence-electron chi connectivity index (χ3n) is 4.03. The van der Waals surface area contributed by atoms with Crippen molar-refractivity contribution >= 4 is 26.7 Å². The van der Waals surface area contributed by atoms with Crippen molar-refractivity contribution < 1.29 is 4.74 Å². The van der Waals surface area contributed by atoms with Crippen LogP contribution < -0.4 is 9.64 Å². The van der Waals surface area contributed by atoms with Gasteiger partial charge in [-0.15, -0.1) is 0 Å². The van der Waals surface area contributed by atoms with Crippen molar-refractivity contribution in [3.8, 4) is 5.75 Å². The maximum absolute atomic E-state index is 5.23. The number of ether oxygens (including phenoxy) is 1. The second-order valence-corrected chi connectivity index (χ2v) is 6.68. The van der Waals surface area contributed by atoms with Crippen LogP contribution in [0.1, 0.15) is 18.4 Å². The quantitative estimate of drug-likeness (QED) is 0.695. The van der Waals surface area contributed by atoms with Crippen LogP contribution in [0.4, 0.5) is 5.13 Å². The van der Waals surface area contributed by atoms with Crippen LogP contribution in [0, 0.1) is 0 Å². The van der Waals surface area contributed by atoms with Crippen molar-refractivity contribution in [2.24, 2.45) is 0 Å². The zero-order valence-corrected chi connectivity index (χ0v) is 13.3. The fraction of sp³-hybridized carbons (Fsp3) is 0.278. The lowest BCUT2D eigenvalue weighted by Gasteiger charge is -2.21. The number of rotatable bonds is 5. The van der Waals surface area contributed by atoms with E-state index in [0.717, 1.165) is 22.9 Å². The molecule has 0 amide bonds. The molecule has 4 rings (SSSR count). The molecule has 1 aromatic heterocycles. The lowest BCUT2D eigenvalue weighted by atomic mass is 10.2. The summed E-state index contributed by atoms with van der Waals surface area (Å²) in [4.78, 5) is 7.27. The standard InChI is InChI=1S/C18H18N2OS/c1-21-15-10-6-13(7-11-15)12-20(14-8-9-14)18-19-16-4-2-3-5-17(16)22-18/h2-7,10-11,14H,8-9,12H2,1H3. The molecular weight excluding hydrogens is 292 g/mol. The van der Waals surface area contributed by atoms with E-state index in [2.05, 4.69) is 41.3 Å². The molecule has 1 heterocycles. The molecule has 2 aromatic carbocycles. The zero-order chi connectivity index (χ0) is 14.9. The molecule has 1 fully saturated rings. The minimum absolute atomic E-state index is 0.641. The van der Waals surface area contributed by atoms with Crippen molar-refractivity contribution in [1.29, 1.82) is 0 Å². The minimum atomic E-state index is 0.641. The number of hydrogen-bond donors (Lipinski definition) is 0. The average molecular weight is 310 g/mol. The predicted octanol–water partition coefficient (Wildman–Crippen LogP) is 4.47. The van der Waals surface area contributed by atoms with E-state index < -0.39 is 0 Å². The first-order chi connectivity index (χ1) is 10.8. The van der Waals surface area contributed by atoms with Gasteiger partial charge < -0.3 is 9.64 Å². The van der Waals surface area contributed by atoms with E-state index in [-0.39, 0.29) is 0 Å². The monoisotopic (exact) mass is 310 g/mol. The van der Waals surface area contributed by atoms with E-state index in [1.165, 1.54) is 23.1 Å². The molecular formula is C18H18N2OS. The zero-order valence-electron chi connectivity index (χ0n) is 12.5. The van der Waals surface area contributed by atoms with Crippen molar-refractivity contribution in [3.63, 3.8) is 0 Å². The summed E-state index contributed by atoms with van der Waals surface area (Å²) in [5.74, 6) is 0.904. The first kappa shape index (κ1) is 13.6. The maximum atomic E-state index is 5.23. The number of nitrogens with zero attached hydrogens (tertiary/aromatic N) is 2. The molecule has 0 bridgehead atoms. The summed E-state index contributed by atoms with van der Waals surface area (Å²) in [6, 6.07) is 17.3. The van der Waals surface area contributed by atoms with Crippen LogP contribution in [0.25, 0.3) is 10.2 Å². The summed E-state index contributed by atoms with van der Waals surface area (Å²) in [6.07, 6.45) is 2.54. The summed E-state index contributed by atoms with van der Waals surface area (Å²) in [7, 11) is 1.70. The Labute approximate surface area is 134 Å². The van der Waals surface area contributed by atoms with Gasteiger partial charge >= 0.3 is 0 Å². The van der Waals surface area contributed by atoms with Gasteiger partial charge in [-0.1, -0.05) is 35.6 Å². The molecule has 0 radical (unpaired) electrons. The van der Waals surface area contributed by atoms with Crippen molar-refractivity contribution in [3.05, 3.63) is 54.1 Å². The number of methoxy groups -OCH3 is 1. The van der Waals surface area contributed by atoms with Crippen LogP contribution in [0.3, 0.4) is 0 Å². The van der Waals surface area contributed by atoms with Crippen molar-refractivity contribution in [1.82, 2.24) is 4.98 Å². The Bertz CT molecular complexity index is 744. The number of hydrogen-bond acceptors (Lipinski definition) is 4. The lowest BCUT2D eigenvalue weighted by Crippen LogP contribution is -2.24. The molecule has 1 aliphatic rings. The number of fused-ring (bicyclic) bond motifs is 1. The minimum Gasteiger partial charge on any atom is -0.497 e. The third kappa shape index (κ3) is 2.66. The predicted molar refractivity (Wildman–Crippen MR) is 91.8 cm³/mol. The number of benzene rings is 2. The smallest absolute Gasteiger partial charge is 0.186 e. The lowest BCUT2D eigenvalue weighted by molar-refractivity contribution is 0.414. The highest BCUT2D eigenvalue weighted by molar-refractivity contribution is 7.22. The molecule has 0 saturated heterocycles. The SMILES string of the molecule is COc1ccc(CN(c2nc3ccccc3s2)C2CC2)cc1. The number of thiazole rings is 1. The highest BCUT2D eigenvalue weighted by Crippen LogP contribution is 2.37. The van der Waals surface area contributed by atoms with Gasteiger partial charge in [-0.2, -0.15) is 0 Å². The Morgan fingerprint density at radius 2 is 1.91 bits per heavy atom. The first-order valence-electron chi connectivity index (χ1n) is 7.58. The Balaban J connectivity index is 1.62.